The first-order valence-corrected chi connectivity index (χ1v) is 14.3. The summed E-state index contributed by atoms with van der Waals surface area (Å²) in [5, 5.41) is 5.64. The van der Waals surface area contributed by atoms with Crippen molar-refractivity contribution in [3.63, 3.8) is 0 Å². The molecule has 0 spiro atoms. The summed E-state index contributed by atoms with van der Waals surface area (Å²) in [4.78, 5) is 9.62. The second kappa shape index (κ2) is 8.57. The zero-order chi connectivity index (χ0) is 25.9. The molecule has 0 bridgehead atoms. The zero-order valence-electron chi connectivity index (χ0n) is 21.5. The van der Waals surface area contributed by atoms with Crippen LogP contribution < -0.4 is 9.05 Å². The van der Waals surface area contributed by atoms with Gasteiger partial charge in [-0.15, -0.1) is 0 Å². The number of pyridine rings is 2. The van der Waals surface area contributed by atoms with E-state index in [9.17, 15) is 4.57 Å². The van der Waals surface area contributed by atoms with E-state index in [1.807, 2.05) is 62.4 Å². The Morgan fingerprint density at radius 3 is 1.35 bits per heavy atom. The van der Waals surface area contributed by atoms with E-state index in [0.29, 0.717) is 0 Å². The summed E-state index contributed by atoms with van der Waals surface area (Å²) in [6.45, 7) is 9.67. The van der Waals surface area contributed by atoms with Crippen molar-refractivity contribution >= 4 is 50.9 Å². The highest BCUT2D eigenvalue weighted by atomic mass is 31.2. The summed E-state index contributed by atoms with van der Waals surface area (Å²) in [5.41, 5.74) is 6.03. The highest BCUT2D eigenvalue weighted by Gasteiger charge is 2.26. The number of aryl methyl sites for hydroxylation is 4. The highest BCUT2D eigenvalue weighted by Crippen LogP contribution is 2.48. The molecule has 0 aliphatic heterocycles. The van der Waals surface area contributed by atoms with Crippen LogP contribution in [0.4, 0.5) is 0 Å². The van der Waals surface area contributed by atoms with Crippen molar-refractivity contribution in [2.75, 3.05) is 6.66 Å². The Hall–Kier alpha value is -3.95. The third-order valence-electron chi connectivity index (χ3n) is 6.72. The average molecular weight is 507 g/mol. The Morgan fingerprint density at radius 1 is 0.568 bits per heavy atom. The molecule has 0 radical (unpaired) electrons. The number of hydrogen-bond acceptors (Lipinski definition) is 5. The predicted molar refractivity (Wildman–Crippen MR) is 152 cm³/mol. The first-order chi connectivity index (χ1) is 17.7. The van der Waals surface area contributed by atoms with Crippen LogP contribution in [0.3, 0.4) is 0 Å². The van der Waals surface area contributed by atoms with E-state index in [0.717, 1.165) is 65.6 Å². The monoisotopic (exact) mass is 506 g/mol. The third kappa shape index (κ3) is 4.10. The second-order valence-corrected chi connectivity index (χ2v) is 11.7. The predicted octanol–water partition coefficient (Wildman–Crippen LogP) is 8.60. The van der Waals surface area contributed by atoms with Crippen LogP contribution in [0.5, 0.6) is 11.8 Å². The maximum atomic E-state index is 13.9. The van der Waals surface area contributed by atoms with E-state index < -0.39 is 7.60 Å². The number of fused-ring (bicyclic) bond motifs is 6. The fourth-order valence-corrected chi connectivity index (χ4v) is 6.18. The van der Waals surface area contributed by atoms with E-state index in [2.05, 4.69) is 38.1 Å². The summed E-state index contributed by atoms with van der Waals surface area (Å²) in [6, 6.07) is 24.2. The van der Waals surface area contributed by atoms with Crippen molar-refractivity contribution in [1.29, 1.82) is 0 Å². The third-order valence-corrected chi connectivity index (χ3v) is 7.73. The van der Waals surface area contributed by atoms with Crippen molar-refractivity contribution in [3.05, 3.63) is 95.1 Å². The van der Waals surface area contributed by atoms with E-state index in [-0.39, 0.29) is 11.8 Å². The summed E-state index contributed by atoms with van der Waals surface area (Å²) in [6.07, 6.45) is 0. The molecule has 0 atom stereocenters. The highest BCUT2D eigenvalue weighted by molar-refractivity contribution is 7.53. The van der Waals surface area contributed by atoms with Gasteiger partial charge in [0.2, 0.25) is 11.8 Å². The molecule has 0 fully saturated rings. The van der Waals surface area contributed by atoms with Crippen LogP contribution in [0.25, 0.3) is 43.4 Å². The van der Waals surface area contributed by atoms with Crippen molar-refractivity contribution < 1.29 is 13.6 Å². The molecule has 184 valence electrons. The molecule has 2 heterocycles. The minimum Gasteiger partial charge on any atom is -0.397 e. The molecule has 6 rings (SSSR count). The van der Waals surface area contributed by atoms with E-state index >= 15 is 0 Å². The molecule has 2 aromatic heterocycles. The van der Waals surface area contributed by atoms with Crippen molar-refractivity contribution in [1.82, 2.24) is 9.97 Å². The van der Waals surface area contributed by atoms with E-state index in [1.54, 1.807) is 0 Å². The lowest BCUT2D eigenvalue weighted by molar-refractivity contribution is 0.386. The molecule has 0 saturated carbocycles. The van der Waals surface area contributed by atoms with Crippen molar-refractivity contribution in [2.24, 2.45) is 0 Å². The van der Waals surface area contributed by atoms with Crippen molar-refractivity contribution in [2.45, 2.75) is 27.7 Å². The summed E-state index contributed by atoms with van der Waals surface area (Å²) in [7, 11) is -3.68. The Bertz CT molecular complexity index is 1790. The summed E-state index contributed by atoms with van der Waals surface area (Å²) >= 11 is 0. The topological polar surface area (TPSA) is 61.3 Å². The number of rotatable bonds is 4. The standard InChI is InChI=1S/C31H27N2O3P/c1-18-14-20(3)28-26(16-18)22-10-6-8-12-24(22)30(32-28)35-37(5,34)36-31-25-13-9-7-11-23(25)27-17-19(2)15-21(4)29(27)33-31/h6-17H,1-5H3. The Balaban J connectivity index is 1.49. The molecule has 6 heteroatoms. The van der Waals surface area contributed by atoms with Crippen LogP contribution in [-0.2, 0) is 4.57 Å². The number of hydrogen-bond donors (Lipinski definition) is 0. The van der Waals surface area contributed by atoms with Gasteiger partial charge in [0.1, 0.15) is 0 Å². The number of nitrogens with zero attached hydrogens (tertiary/aromatic N) is 2. The quantitative estimate of drug-likeness (QED) is 0.177. The van der Waals surface area contributed by atoms with Gasteiger partial charge in [-0.2, -0.15) is 0 Å². The molecule has 0 aliphatic carbocycles. The summed E-state index contributed by atoms with van der Waals surface area (Å²) < 4.78 is 26.1. The van der Waals surface area contributed by atoms with Gasteiger partial charge in [-0.25, -0.2) is 14.5 Å². The largest absolute Gasteiger partial charge is 0.430 e. The molecule has 0 N–H and O–H groups in total. The van der Waals surface area contributed by atoms with Crippen LogP contribution in [0.2, 0.25) is 0 Å². The number of benzene rings is 4. The van der Waals surface area contributed by atoms with Crippen LogP contribution >= 0.6 is 7.60 Å². The van der Waals surface area contributed by atoms with Gasteiger partial charge < -0.3 is 9.05 Å². The Morgan fingerprint density at radius 2 is 0.946 bits per heavy atom. The Labute approximate surface area is 215 Å². The van der Waals surface area contributed by atoms with Gasteiger partial charge in [-0.3, -0.25) is 0 Å². The van der Waals surface area contributed by atoms with Gasteiger partial charge in [0, 0.05) is 21.5 Å². The summed E-state index contributed by atoms with van der Waals surface area (Å²) in [5.74, 6) is 0.579. The maximum Gasteiger partial charge on any atom is 0.430 e. The fourth-order valence-electron chi connectivity index (χ4n) is 5.23. The zero-order valence-corrected chi connectivity index (χ0v) is 22.4. The molecule has 37 heavy (non-hydrogen) atoms. The van der Waals surface area contributed by atoms with Crippen LogP contribution in [0.1, 0.15) is 22.3 Å². The molecule has 0 amide bonds. The first kappa shape index (κ1) is 23.4. The second-order valence-electron chi connectivity index (χ2n) is 9.83. The molecular weight excluding hydrogens is 479 g/mol. The van der Waals surface area contributed by atoms with Crippen molar-refractivity contribution in [3.8, 4) is 11.8 Å². The molecule has 0 unspecified atom stereocenters. The average Bonchev–Trinajstić information content (AvgIpc) is 2.85. The lowest BCUT2D eigenvalue weighted by Gasteiger charge is -2.19. The molecule has 4 aromatic carbocycles. The lowest BCUT2D eigenvalue weighted by Crippen LogP contribution is -2.04. The van der Waals surface area contributed by atoms with Gasteiger partial charge in [0.15, 0.2) is 0 Å². The van der Waals surface area contributed by atoms with Gasteiger partial charge in [0.05, 0.1) is 17.7 Å². The SMILES string of the molecule is Cc1cc(C)c2nc(OP(C)(=O)Oc3nc4c(C)cc(C)cc4c4ccccc34)c3ccccc3c2c1. The van der Waals surface area contributed by atoms with Crippen LogP contribution in [0.15, 0.2) is 72.8 Å². The minimum absolute atomic E-state index is 0.290. The first-order valence-electron chi connectivity index (χ1n) is 12.3. The van der Waals surface area contributed by atoms with Gasteiger partial charge in [0.25, 0.3) is 0 Å². The van der Waals surface area contributed by atoms with E-state index in [4.69, 9.17) is 19.0 Å². The fraction of sp³-hybridized carbons (Fsp3) is 0.161. The number of aromatic nitrogens is 2. The van der Waals surface area contributed by atoms with Crippen LogP contribution in [0, 0.1) is 27.7 Å². The molecule has 6 aromatic rings. The molecular formula is C31H27N2O3P. The smallest absolute Gasteiger partial charge is 0.397 e. The Kier molecular flexibility index (Phi) is 5.43. The molecule has 0 saturated heterocycles. The maximum absolute atomic E-state index is 13.9. The van der Waals surface area contributed by atoms with Gasteiger partial charge >= 0.3 is 7.60 Å². The molecule has 0 aliphatic rings. The lowest BCUT2D eigenvalue weighted by atomic mass is 10.0. The minimum atomic E-state index is -3.68. The van der Waals surface area contributed by atoms with Crippen LogP contribution in [-0.4, -0.2) is 16.6 Å². The molecule has 5 nitrogen and oxygen atoms in total. The normalized spacial score (nSPS) is 12.0. The van der Waals surface area contributed by atoms with E-state index in [1.165, 1.54) is 6.66 Å². The van der Waals surface area contributed by atoms with Gasteiger partial charge in [-0.1, -0.05) is 59.7 Å². The van der Waals surface area contributed by atoms with Gasteiger partial charge in [-0.05, 0) is 73.9 Å².